The van der Waals surface area contributed by atoms with Crippen molar-refractivity contribution < 1.29 is 4.74 Å². The van der Waals surface area contributed by atoms with Crippen molar-refractivity contribution in [3.63, 3.8) is 0 Å². The van der Waals surface area contributed by atoms with Crippen molar-refractivity contribution in [2.75, 3.05) is 26.3 Å². The number of hydrogen-bond acceptors (Lipinski definition) is 4. The summed E-state index contributed by atoms with van der Waals surface area (Å²) in [6.07, 6.45) is 4.07. The smallest absolute Gasteiger partial charge is 0.137 e. The Labute approximate surface area is 121 Å². The van der Waals surface area contributed by atoms with Crippen molar-refractivity contribution >= 4 is 33.9 Å². The van der Waals surface area contributed by atoms with Crippen molar-refractivity contribution in [2.45, 2.75) is 5.75 Å². The predicted molar refractivity (Wildman–Crippen MR) is 81.5 cm³/mol. The van der Waals surface area contributed by atoms with Crippen LogP contribution in [0.5, 0.6) is 0 Å². The van der Waals surface area contributed by atoms with Crippen LogP contribution < -0.4 is 0 Å². The first-order valence-corrected chi connectivity index (χ1v) is 7.64. The van der Waals surface area contributed by atoms with Gasteiger partial charge in [0, 0.05) is 31.2 Å². The number of fused-ring (bicyclic) bond motifs is 1. The van der Waals surface area contributed by atoms with Crippen molar-refractivity contribution in [1.29, 1.82) is 0 Å². The minimum atomic E-state index is 0.773. The SMILES string of the molecule is S=C(SCc1cn2ccccc2n1)N1CCOCC1. The van der Waals surface area contributed by atoms with Gasteiger partial charge in [0.25, 0.3) is 0 Å². The van der Waals surface area contributed by atoms with Gasteiger partial charge in [-0.05, 0) is 12.1 Å². The molecule has 3 rings (SSSR count). The molecule has 1 fully saturated rings. The summed E-state index contributed by atoms with van der Waals surface area (Å²) in [7, 11) is 0. The molecule has 1 aliphatic rings. The van der Waals surface area contributed by atoms with Gasteiger partial charge in [0.15, 0.2) is 0 Å². The highest BCUT2D eigenvalue weighted by Crippen LogP contribution is 2.17. The van der Waals surface area contributed by atoms with Crippen LogP contribution in [-0.4, -0.2) is 44.9 Å². The van der Waals surface area contributed by atoms with Gasteiger partial charge >= 0.3 is 0 Å². The monoisotopic (exact) mass is 293 g/mol. The molecule has 2 aromatic heterocycles. The molecule has 0 amide bonds. The van der Waals surface area contributed by atoms with E-state index in [-0.39, 0.29) is 0 Å². The fraction of sp³-hybridized carbons (Fsp3) is 0.385. The van der Waals surface area contributed by atoms with Crippen LogP contribution in [0.25, 0.3) is 5.65 Å². The number of morpholine rings is 1. The van der Waals surface area contributed by atoms with E-state index in [1.165, 1.54) is 0 Å². The van der Waals surface area contributed by atoms with Gasteiger partial charge in [-0.15, -0.1) is 0 Å². The molecule has 0 bridgehead atoms. The average Bonchev–Trinajstić information content (AvgIpc) is 2.88. The minimum absolute atomic E-state index is 0.773. The molecule has 4 nitrogen and oxygen atoms in total. The maximum absolute atomic E-state index is 5.45. The van der Waals surface area contributed by atoms with Gasteiger partial charge in [-0.3, -0.25) is 0 Å². The third kappa shape index (κ3) is 3.08. The van der Waals surface area contributed by atoms with Crippen molar-refractivity contribution in [3.8, 4) is 0 Å². The minimum Gasteiger partial charge on any atom is -0.378 e. The van der Waals surface area contributed by atoms with E-state index < -0.39 is 0 Å². The fourth-order valence-electron chi connectivity index (χ4n) is 2.03. The second-order valence-corrected chi connectivity index (χ2v) is 5.96. The van der Waals surface area contributed by atoms with E-state index in [9.17, 15) is 0 Å². The van der Waals surface area contributed by atoms with Gasteiger partial charge in [-0.2, -0.15) is 0 Å². The highest BCUT2D eigenvalue weighted by molar-refractivity contribution is 8.22. The third-order valence-corrected chi connectivity index (χ3v) is 4.58. The topological polar surface area (TPSA) is 29.8 Å². The molecule has 0 N–H and O–H groups in total. The summed E-state index contributed by atoms with van der Waals surface area (Å²) in [5.41, 5.74) is 2.04. The summed E-state index contributed by atoms with van der Waals surface area (Å²) >= 11 is 7.13. The molecule has 0 aliphatic carbocycles. The standard InChI is InChI=1S/C13H15N3OS2/c18-13(15-5-7-17-8-6-15)19-10-11-9-16-4-2-1-3-12(16)14-11/h1-4,9H,5-8,10H2. The van der Waals surface area contributed by atoms with E-state index in [1.54, 1.807) is 11.8 Å². The molecular formula is C13H15N3OS2. The number of ether oxygens (including phenoxy) is 1. The van der Waals surface area contributed by atoms with E-state index in [0.29, 0.717) is 0 Å². The first-order valence-electron chi connectivity index (χ1n) is 6.25. The van der Waals surface area contributed by atoms with Crippen LogP contribution >= 0.6 is 24.0 Å². The fourth-order valence-corrected chi connectivity index (χ4v) is 3.16. The predicted octanol–water partition coefficient (Wildman–Crippen LogP) is 2.18. The van der Waals surface area contributed by atoms with E-state index in [1.807, 2.05) is 28.8 Å². The van der Waals surface area contributed by atoms with Gasteiger partial charge in [0.05, 0.1) is 18.9 Å². The lowest BCUT2D eigenvalue weighted by Crippen LogP contribution is -2.38. The molecule has 0 saturated carbocycles. The van der Waals surface area contributed by atoms with Crippen LogP contribution in [0.4, 0.5) is 0 Å². The molecule has 0 radical (unpaired) electrons. The molecule has 1 aliphatic heterocycles. The highest BCUT2D eigenvalue weighted by atomic mass is 32.2. The lowest BCUT2D eigenvalue weighted by molar-refractivity contribution is 0.0702. The first kappa shape index (κ1) is 12.9. The molecule has 0 unspecified atom stereocenters. The van der Waals surface area contributed by atoms with E-state index >= 15 is 0 Å². The lowest BCUT2D eigenvalue weighted by Gasteiger charge is -2.28. The third-order valence-electron chi connectivity index (χ3n) is 3.03. The van der Waals surface area contributed by atoms with Crippen LogP contribution in [0.1, 0.15) is 5.69 Å². The van der Waals surface area contributed by atoms with E-state index in [2.05, 4.69) is 16.1 Å². The maximum Gasteiger partial charge on any atom is 0.137 e. The molecule has 1 saturated heterocycles. The molecule has 2 aromatic rings. The number of hydrogen-bond donors (Lipinski definition) is 0. The lowest BCUT2D eigenvalue weighted by atomic mass is 10.5. The Morgan fingerprint density at radius 3 is 3.00 bits per heavy atom. The first-order chi connectivity index (χ1) is 9.33. The zero-order chi connectivity index (χ0) is 13.1. The number of nitrogens with zero attached hydrogens (tertiary/aromatic N) is 3. The molecule has 19 heavy (non-hydrogen) atoms. The molecule has 0 aromatic carbocycles. The van der Waals surface area contributed by atoms with Gasteiger partial charge in [-0.25, -0.2) is 4.98 Å². The second-order valence-electron chi connectivity index (χ2n) is 4.35. The second kappa shape index (κ2) is 5.90. The Balaban J connectivity index is 1.60. The Morgan fingerprint density at radius 2 is 2.21 bits per heavy atom. The van der Waals surface area contributed by atoms with Crippen LogP contribution in [-0.2, 0) is 10.5 Å². The molecule has 0 atom stereocenters. The van der Waals surface area contributed by atoms with Crippen molar-refractivity contribution in [2.24, 2.45) is 0 Å². The van der Waals surface area contributed by atoms with Crippen LogP contribution in [0.15, 0.2) is 30.6 Å². The largest absolute Gasteiger partial charge is 0.378 e. The number of rotatable bonds is 2. The maximum atomic E-state index is 5.45. The van der Waals surface area contributed by atoms with Gasteiger partial charge in [-0.1, -0.05) is 30.0 Å². The van der Waals surface area contributed by atoms with Crippen molar-refractivity contribution in [3.05, 3.63) is 36.3 Å². The summed E-state index contributed by atoms with van der Waals surface area (Å²) in [6.45, 7) is 3.35. The number of imidazole rings is 1. The number of thioether (sulfide) groups is 1. The molecule has 100 valence electrons. The zero-order valence-corrected chi connectivity index (χ0v) is 12.1. The number of thiocarbonyl (C=S) groups is 1. The Bertz CT molecular complexity index is 545. The summed E-state index contributed by atoms with van der Waals surface area (Å²) in [5, 5.41) is 0. The quantitative estimate of drug-likeness (QED) is 0.792. The normalized spacial score (nSPS) is 15.9. The molecule has 3 heterocycles. The Hall–Kier alpha value is -1.11. The number of aromatic nitrogens is 2. The summed E-state index contributed by atoms with van der Waals surface area (Å²) in [4.78, 5) is 6.78. The summed E-state index contributed by atoms with van der Waals surface area (Å²) in [5.74, 6) is 0.817. The molecule has 6 heteroatoms. The van der Waals surface area contributed by atoms with Gasteiger partial charge < -0.3 is 14.0 Å². The Kier molecular flexibility index (Phi) is 4.00. The molecule has 0 spiro atoms. The van der Waals surface area contributed by atoms with Gasteiger partial charge in [0.1, 0.15) is 9.97 Å². The highest BCUT2D eigenvalue weighted by Gasteiger charge is 2.14. The number of pyridine rings is 1. The van der Waals surface area contributed by atoms with Gasteiger partial charge in [0.2, 0.25) is 0 Å². The summed E-state index contributed by atoms with van der Waals surface area (Å²) < 4.78 is 8.31. The van der Waals surface area contributed by atoms with Crippen LogP contribution in [0.3, 0.4) is 0 Å². The van der Waals surface area contributed by atoms with Crippen LogP contribution in [0, 0.1) is 0 Å². The molecular weight excluding hydrogens is 278 g/mol. The van der Waals surface area contributed by atoms with E-state index in [0.717, 1.165) is 47.7 Å². The average molecular weight is 293 g/mol. The summed E-state index contributed by atoms with van der Waals surface area (Å²) in [6, 6.07) is 6.01. The zero-order valence-electron chi connectivity index (χ0n) is 10.5. The van der Waals surface area contributed by atoms with Crippen LogP contribution in [0.2, 0.25) is 0 Å². The Morgan fingerprint density at radius 1 is 1.37 bits per heavy atom. The van der Waals surface area contributed by atoms with Crippen molar-refractivity contribution in [1.82, 2.24) is 14.3 Å². The van der Waals surface area contributed by atoms with E-state index in [4.69, 9.17) is 17.0 Å².